The zero-order valence-electron chi connectivity index (χ0n) is 14.3. The second-order valence-electron chi connectivity index (χ2n) is 6.18. The lowest BCUT2D eigenvalue weighted by Crippen LogP contribution is -2.83. The van der Waals surface area contributed by atoms with Gasteiger partial charge in [-0.3, -0.25) is 0 Å². The number of aromatic hydroxyl groups is 1. The minimum atomic E-state index is -0.388. The quantitative estimate of drug-likeness (QED) is 0.638. The smallest absolute Gasteiger partial charge is 0.336 e. The first kappa shape index (κ1) is 17.7. The van der Waals surface area contributed by atoms with E-state index in [0.29, 0.717) is 23.7 Å². The molecule has 0 unspecified atom stereocenters. The Bertz CT molecular complexity index is 948. The third-order valence-electron chi connectivity index (χ3n) is 4.58. The lowest BCUT2D eigenvalue weighted by molar-refractivity contribution is -0.711. The maximum absolute atomic E-state index is 11.9. The summed E-state index contributed by atoms with van der Waals surface area (Å²) in [5.41, 5.74) is 2.85. The largest absolute Gasteiger partial charge is 0.508 e. The van der Waals surface area contributed by atoms with E-state index < -0.39 is 0 Å². The zero-order chi connectivity index (χ0) is 18.0. The van der Waals surface area contributed by atoms with Crippen molar-refractivity contribution in [1.29, 1.82) is 0 Å². The normalized spacial score (nSPS) is 12.4. The molecule has 0 fully saturated rings. The molecule has 25 heavy (non-hydrogen) atoms. The third-order valence-corrected chi connectivity index (χ3v) is 5.11. The molecule has 3 N–H and O–H groups in total. The summed E-state index contributed by atoms with van der Waals surface area (Å²) in [6.45, 7) is 4.58. The molecule has 0 radical (unpaired) electrons. The average molecular weight is 403 g/mol. The van der Waals surface area contributed by atoms with Crippen LogP contribution in [0.1, 0.15) is 36.1 Å². The predicted molar refractivity (Wildman–Crippen MR) is 102 cm³/mol. The number of rotatable bonds is 5. The van der Waals surface area contributed by atoms with Crippen molar-refractivity contribution < 1.29 is 14.8 Å². The first-order valence-electron chi connectivity index (χ1n) is 8.33. The van der Waals surface area contributed by atoms with E-state index in [-0.39, 0.29) is 11.4 Å². The van der Waals surface area contributed by atoms with Crippen LogP contribution in [0.25, 0.3) is 11.0 Å². The molecule has 5 heteroatoms. The van der Waals surface area contributed by atoms with Gasteiger partial charge in [-0.15, -0.1) is 0 Å². The van der Waals surface area contributed by atoms with Gasteiger partial charge in [0.2, 0.25) is 0 Å². The van der Waals surface area contributed by atoms with Crippen LogP contribution < -0.4 is 10.9 Å². The second kappa shape index (κ2) is 7.42. The standard InChI is InChI=1S/C20H20BrNO3/c1-3-17(13-4-6-15(21)7-5-13)22-11-14-10-19(24)25-20-12(2)18(23)9-8-16(14)20/h4-10,17,22-23H,3,11H2,1-2H3/p+1/t17-/m1/s1. The molecule has 3 rings (SSSR count). The number of phenols is 1. The number of hydrogen-bond acceptors (Lipinski definition) is 3. The monoisotopic (exact) mass is 402 g/mol. The van der Waals surface area contributed by atoms with E-state index in [9.17, 15) is 9.90 Å². The van der Waals surface area contributed by atoms with Crippen molar-refractivity contribution in [2.24, 2.45) is 0 Å². The first-order valence-corrected chi connectivity index (χ1v) is 9.13. The Kier molecular flexibility index (Phi) is 5.25. The number of nitrogens with two attached hydrogens (primary N) is 1. The summed E-state index contributed by atoms with van der Waals surface area (Å²) >= 11 is 3.46. The van der Waals surface area contributed by atoms with Gasteiger partial charge in [0.15, 0.2) is 0 Å². The van der Waals surface area contributed by atoms with E-state index in [0.717, 1.165) is 21.8 Å². The van der Waals surface area contributed by atoms with E-state index >= 15 is 0 Å². The molecule has 0 aliphatic heterocycles. The van der Waals surface area contributed by atoms with Crippen molar-refractivity contribution in [2.75, 3.05) is 0 Å². The van der Waals surface area contributed by atoms with Gasteiger partial charge >= 0.3 is 5.63 Å². The summed E-state index contributed by atoms with van der Waals surface area (Å²) in [4.78, 5) is 11.9. The Balaban J connectivity index is 1.91. The molecule has 0 aliphatic rings. The van der Waals surface area contributed by atoms with Crippen molar-refractivity contribution in [3.63, 3.8) is 0 Å². The van der Waals surface area contributed by atoms with E-state index in [2.05, 4.69) is 40.3 Å². The molecule has 3 aromatic rings. The lowest BCUT2D eigenvalue weighted by Gasteiger charge is -2.15. The molecule has 0 spiro atoms. The number of halogens is 1. The Labute approximate surface area is 154 Å². The van der Waals surface area contributed by atoms with E-state index in [1.807, 2.05) is 18.2 Å². The van der Waals surface area contributed by atoms with Gasteiger partial charge in [0.05, 0.1) is 0 Å². The van der Waals surface area contributed by atoms with Crippen LogP contribution >= 0.6 is 15.9 Å². The lowest BCUT2D eigenvalue weighted by atomic mass is 10.0. The summed E-state index contributed by atoms with van der Waals surface area (Å²) in [5.74, 6) is 0.137. The second-order valence-corrected chi connectivity index (χ2v) is 7.10. The molecule has 1 heterocycles. The summed E-state index contributed by atoms with van der Waals surface area (Å²) in [6.07, 6.45) is 0.987. The molecule has 0 saturated heterocycles. The van der Waals surface area contributed by atoms with E-state index in [4.69, 9.17) is 4.42 Å². The Hall–Kier alpha value is -2.11. The highest BCUT2D eigenvalue weighted by atomic mass is 79.9. The van der Waals surface area contributed by atoms with Crippen LogP contribution in [0.2, 0.25) is 0 Å². The molecule has 4 nitrogen and oxygen atoms in total. The summed E-state index contributed by atoms with van der Waals surface area (Å²) in [7, 11) is 0. The maximum atomic E-state index is 11.9. The van der Waals surface area contributed by atoms with Crippen LogP contribution in [-0.2, 0) is 6.54 Å². The first-order chi connectivity index (χ1) is 12.0. The average Bonchev–Trinajstić information content (AvgIpc) is 2.60. The van der Waals surface area contributed by atoms with E-state index in [1.165, 1.54) is 5.56 Å². The molecule has 0 aliphatic carbocycles. The predicted octanol–water partition coefficient (Wildman–Crippen LogP) is 3.78. The van der Waals surface area contributed by atoms with Gasteiger partial charge in [-0.05, 0) is 31.2 Å². The van der Waals surface area contributed by atoms with Crippen molar-refractivity contribution in [3.8, 4) is 5.75 Å². The van der Waals surface area contributed by atoms with Gasteiger partial charge < -0.3 is 14.8 Å². The fourth-order valence-electron chi connectivity index (χ4n) is 3.10. The minimum Gasteiger partial charge on any atom is -0.508 e. The van der Waals surface area contributed by atoms with E-state index in [1.54, 1.807) is 19.1 Å². The van der Waals surface area contributed by atoms with Gasteiger partial charge in [-0.2, -0.15) is 0 Å². The number of phenolic OH excluding ortho intramolecular Hbond substituents is 1. The van der Waals surface area contributed by atoms with Crippen LogP contribution in [0.4, 0.5) is 0 Å². The highest BCUT2D eigenvalue weighted by Gasteiger charge is 2.16. The van der Waals surface area contributed by atoms with Gasteiger partial charge in [0, 0.05) is 39.0 Å². The fraction of sp³-hybridized carbons (Fsp3) is 0.250. The maximum Gasteiger partial charge on any atom is 0.336 e. The molecule has 1 aromatic heterocycles. The molecule has 1 atom stereocenters. The highest BCUT2D eigenvalue weighted by molar-refractivity contribution is 9.10. The molecule has 0 bridgehead atoms. The van der Waals surface area contributed by atoms with Crippen LogP contribution in [-0.4, -0.2) is 5.11 Å². The van der Waals surface area contributed by atoms with Crippen molar-refractivity contribution in [3.05, 3.63) is 74.0 Å². The molecular formula is C20H21BrNO3+. The summed E-state index contributed by atoms with van der Waals surface area (Å²) in [5, 5.41) is 13.0. The molecular weight excluding hydrogens is 382 g/mol. The summed E-state index contributed by atoms with van der Waals surface area (Å²) < 4.78 is 6.37. The topological polar surface area (TPSA) is 67.0 Å². The number of aryl methyl sites for hydroxylation is 1. The SMILES string of the molecule is CC[C@@H]([NH2+]Cc1cc(=O)oc2c(C)c(O)ccc12)c1ccc(Br)cc1. The molecule has 130 valence electrons. The number of quaternary nitrogens is 1. The van der Waals surface area contributed by atoms with Crippen LogP contribution in [0.3, 0.4) is 0 Å². The third kappa shape index (κ3) is 3.78. The van der Waals surface area contributed by atoms with Gasteiger partial charge in [0.25, 0.3) is 0 Å². The van der Waals surface area contributed by atoms with Crippen LogP contribution in [0.15, 0.2) is 56.1 Å². The van der Waals surface area contributed by atoms with Crippen molar-refractivity contribution in [1.82, 2.24) is 0 Å². The minimum absolute atomic E-state index is 0.137. The Morgan fingerprint density at radius 3 is 2.60 bits per heavy atom. The molecule has 0 saturated carbocycles. The number of hydrogen-bond donors (Lipinski definition) is 2. The number of benzene rings is 2. The molecule has 0 amide bonds. The van der Waals surface area contributed by atoms with Crippen LogP contribution in [0.5, 0.6) is 5.75 Å². The van der Waals surface area contributed by atoms with Gasteiger partial charge in [-0.1, -0.05) is 35.0 Å². The Morgan fingerprint density at radius 1 is 1.20 bits per heavy atom. The fourth-order valence-corrected chi connectivity index (χ4v) is 3.37. The highest BCUT2D eigenvalue weighted by Crippen LogP contribution is 2.27. The summed E-state index contributed by atoms with van der Waals surface area (Å²) in [6, 6.07) is 13.6. The zero-order valence-corrected chi connectivity index (χ0v) is 15.8. The van der Waals surface area contributed by atoms with Gasteiger partial charge in [0.1, 0.15) is 23.9 Å². The van der Waals surface area contributed by atoms with Gasteiger partial charge in [-0.25, -0.2) is 4.79 Å². The van der Waals surface area contributed by atoms with Crippen molar-refractivity contribution in [2.45, 2.75) is 32.9 Å². The van der Waals surface area contributed by atoms with Crippen LogP contribution in [0, 0.1) is 6.92 Å². The molecule has 2 aromatic carbocycles. The Morgan fingerprint density at radius 2 is 1.92 bits per heavy atom. The number of fused-ring (bicyclic) bond motifs is 1. The van der Waals surface area contributed by atoms with Crippen molar-refractivity contribution >= 4 is 26.9 Å².